The lowest BCUT2D eigenvalue weighted by Crippen LogP contribution is -2.52. The first-order valence-corrected chi connectivity index (χ1v) is 10.2. The molecule has 130 valence electrons. The average molecular weight is 325 g/mol. The van der Waals surface area contributed by atoms with Gasteiger partial charge in [-0.3, -0.25) is 4.79 Å². The van der Waals surface area contributed by atoms with E-state index in [9.17, 15) is 4.79 Å². The van der Waals surface area contributed by atoms with Crippen molar-refractivity contribution < 1.29 is 4.79 Å². The van der Waals surface area contributed by atoms with Gasteiger partial charge in [0.15, 0.2) is 0 Å². The lowest BCUT2D eigenvalue weighted by molar-refractivity contribution is -0.141. The quantitative estimate of drug-likeness (QED) is 0.744. The van der Waals surface area contributed by atoms with Gasteiger partial charge in [0.25, 0.3) is 0 Å². The molecule has 4 rings (SSSR count). The Bertz CT molecular complexity index is 533. The van der Waals surface area contributed by atoms with Crippen LogP contribution >= 0.6 is 0 Å². The molecule has 0 aromatic heterocycles. The Balaban J connectivity index is 1.61. The molecule has 1 amide bonds. The van der Waals surface area contributed by atoms with E-state index in [0.29, 0.717) is 18.0 Å². The lowest BCUT2D eigenvalue weighted by atomic mass is 9.85. The summed E-state index contributed by atoms with van der Waals surface area (Å²) in [6, 6.07) is 11.6. The van der Waals surface area contributed by atoms with Crippen LogP contribution in [0.4, 0.5) is 0 Å². The summed E-state index contributed by atoms with van der Waals surface area (Å²) in [6.07, 6.45) is 14.9. The Hall–Kier alpha value is -1.31. The molecule has 3 aliphatic rings. The van der Waals surface area contributed by atoms with Crippen molar-refractivity contribution in [3.8, 4) is 0 Å². The van der Waals surface area contributed by atoms with Gasteiger partial charge in [-0.15, -0.1) is 0 Å². The van der Waals surface area contributed by atoms with Crippen molar-refractivity contribution in [3.05, 3.63) is 35.9 Å². The van der Waals surface area contributed by atoms with E-state index in [4.69, 9.17) is 0 Å². The van der Waals surface area contributed by atoms with E-state index in [1.165, 1.54) is 69.8 Å². The molecular formula is C22H31NO. The van der Waals surface area contributed by atoms with Crippen LogP contribution in [0.15, 0.2) is 30.3 Å². The van der Waals surface area contributed by atoms with E-state index in [0.717, 1.165) is 12.8 Å². The summed E-state index contributed by atoms with van der Waals surface area (Å²) in [6.45, 7) is 0. The van der Waals surface area contributed by atoms with Gasteiger partial charge in [0.2, 0.25) is 5.91 Å². The van der Waals surface area contributed by atoms with Crippen LogP contribution in [0.3, 0.4) is 0 Å². The van der Waals surface area contributed by atoms with Crippen molar-refractivity contribution in [2.24, 2.45) is 0 Å². The number of nitrogens with zero attached hydrogens (tertiary/aromatic N) is 1. The van der Waals surface area contributed by atoms with Gasteiger partial charge < -0.3 is 4.90 Å². The van der Waals surface area contributed by atoms with Gasteiger partial charge in [-0.1, -0.05) is 68.9 Å². The fourth-order valence-electron chi connectivity index (χ4n) is 5.10. The van der Waals surface area contributed by atoms with Gasteiger partial charge in [0.1, 0.15) is 0 Å². The van der Waals surface area contributed by atoms with Crippen LogP contribution in [0.2, 0.25) is 0 Å². The minimum absolute atomic E-state index is 0.184. The van der Waals surface area contributed by atoms with Crippen LogP contribution in [-0.4, -0.2) is 22.9 Å². The highest BCUT2D eigenvalue weighted by molar-refractivity contribution is 5.91. The summed E-state index contributed by atoms with van der Waals surface area (Å²) < 4.78 is 0. The van der Waals surface area contributed by atoms with Crippen LogP contribution in [0.25, 0.3) is 0 Å². The van der Waals surface area contributed by atoms with E-state index in [1.54, 1.807) is 0 Å². The van der Waals surface area contributed by atoms with Crippen molar-refractivity contribution in [1.29, 1.82) is 0 Å². The molecule has 0 saturated heterocycles. The molecule has 0 aliphatic heterocycles. The Morgan fingerprint density at radius 3 is 1.75 bits per heavy atom. The van der Waals surface area contributed by atoms with E-state index in [-0.39, 0.29) is 5.41 Å². The fraction of sp³-hybridized carbons (Fsp3) is 0.682. The zero-order valence-corrected chi connectivity index (χ0v) is 14.9. The lowest BCUT2D eigenvalue weighted by Gasteiger charge is -2.43. The molecule has 1 aromatic rings. The molecule has 0 N–H and O–H groups in total. The van der Waals surface area contributed by atoms with Crippen molar-refractivity contribution in [2.75, 3.05) is 0 Å². The molecular weight excluding hydrogens is 294 g/mol. The van der Waals surface area contributed by atoms with Crippen LogP contribution in [0.5, 0.6) is 0 Å². The molecule has 2 heteroatoms. The van der Waals surface area contributed by atoms with Crippen molar-refractivity contribution in [1.82, 2.24) is 4.90 Å². The highest BCUT2D eigenvalue weighted by Crippen LogP contribution is 2.51. The molecule has 1 aromatic carbocycles. The molecule has 24 heavy (non-hydrogen) atoms. The maximum absolute atomic E-state index is 13.8. The van der Waals surface area contributed by atoms with Gasteiger partial charge in [-0.25, -0.2) is 0 Å². The number of carbonyl (C=O) groups is 1. The number of amides is 1. The van der Waals surface area contributed by atoms with E-state index < -0.39 is 0 Å². The van der Waals surface area contributed by atoms with Crippen LogP contribution in [-0.2, 0) is 10.2 Å². The van der Waals surface area contributed by atoms with Gasteiger partial charge in [-0.05, 0) is 44.1 Å². The number of rotatable bonds is 4. The monoisotopic (exact) mass is 325 g/mol. The molecule has 3 aliphatic carbocycles. The first kappa shape index (κ1) is 16.2. The molecule has 0 heterocycles. The normalized spacial score (nSPS) is 24.5. The largest absolute Gasteiger partial charge is 0.336 e. The Morgan fingerprint density at radius 2 is 1.29 bits per heavy atom. The fourth-order valence-corrected chi connectivity index (χ4v) is 5.10. The zero-order valence-electron chi connectivity index (χ0n) is 14.9. The first-order chi connectivity index (χ1) is 11.8. The molecule has 0 spiro atoms. The number of hydrogen-bond acceptors (Lipinski definition) is 1. The maximum atomic E-state index is 13.8. The average Bonchev–Trinajstić information content (AvgIpc) is 3.46. The van der Waals surface area contributed by atoms with E-state index in [1.807, 2.05) is 0 Å². The minimum Gasteiger partial charge on any atom is -0.336 e. The number of benzene rings is 1. The molecule has 0 unspecified atom stereocenters. The summed E-state index contributed by atoms with van der Waals surface area (Å²) in [5, 5.41) is 0. The number of carbonyl (C=O) groups excluding carboxylic acids is 1. The van der Waals surface area contributed by atoms with Crippen LogP contribution in [0, 0.1) is 0 Å². The Morgan fingerprint density at radius 1 is 0.792 bits per heavy atom. The Labute approximate surface area is 146 Å². The molecule has 0 radical (unpaired) electrons. The summed E-state index contributed by atoms with van der Waals surface area (Å²) in [5.41, 5.74) is 1.07. The van der Waals surface area contributed by atoms with Gasteiger partial charge in [0.05, 0.1) is 5.41 Å². The third-order valence-electron chi connectivity index (χ3n) is 6.66. The summed E-state index contributed by atoms with van der Waals surface area (Å²) in [5.74, 6) is 0.465. The predicted molar refractivity (Wildman–Crippen MR) is 97.9 cm³/mol. The molecule has 3 fully saturated rings. The molecule has 2 nitrogen and oxygen atoms in total. The second-order valence-electron chi connectivity index (χ2n) is 8.24. The van der Waals surface area contributed by atoms with Gasteiger partial charge >= 0.3 is 0 Å². The Kier molecular flexibility index (Phi) is 4.65. The number of hydrogen-bond donors (Lipinski definition) is 0. The summed E-state index contributed by atoms with van der Waals surface area (Å²) in [7, 11) is 0. The minimum atomic E-state index is -0.184. The maximum Gasteiger partial charge on any atom is 0.233 e. The molecule has 0 atom stereocenters. The van der Waals surface area contributed by atoms with Crippen molar-refractivity contribution in [3.63, 3.8) is 0 Å². The zero-order chi connectivity index (χ0) is 16.4. The van der Waals surface area contributed by atoms with E-state index in [2.05, 4.69) is 35.2 Å². The second kappa shape index (κ2) is 6.90. The van der Waals surface area contributed by atoms with E-state index >= 15 is 0 Å². The van der Waals surface area contributed by atoms with Crippen molar-refractivity contribution >= 4 is 5.91 Å². The molecule has 0 bridgehead atoms. The second-order valence-corrected chi connectivity index (χ2v) is 8.24. The predicted octanol–water partition coefficient (Wildman–Crippen LogP) is 5.21. The third-order valence-corrected chi connectivity index (χ3v) is 6.66. The van der Waals surface area contributed by atoms with Crippen molar-refractivity contribution in [2.45, 2.75) is 94.5 Å². The topological polar surface area (TPSA) is 20.3 Å². The first-order valence-electron chi connectivity index (χ1n) is 10.2. The van der Waals surface area contributed by atoms with Gasteiger partial charge in [-0.2, -0.15) is 0 Å². The third kappa shape index (κ3) is 3.00. The summed E-state index contributed by atoms with van der Waals surface area (Å²) >= 11 is 0. The highest BCUT2D eigenvalue weighted by Gasteiger charge is 2.54. The summed E-state index contributed by atoms with van der Waals surface area (Å²) in [4.78, 5) is 16.2. The van der Waals surface area contributed by atoms with Gasteiger partial charge in [0, 0.05) is 12.1 Å². The standard InChI is InChI=1S/C22H31NO/c24-21(22(16-17-22)18-10-4-1-5-11-18)23(19-12-6-2-7-13-19)20-14-8-3-9-15-20/h1,4-5,10-11,19-20H,2-3,6-9,12-17H2. The smallest absolute Gasteiger partial charge is 0.233 e. The molecule has 3 saturated carbocycles. The van der Waals surface area contributed by atoms with Crippen LogP contribution < -0.4 is 0 Å². The van der Waals surface area contributed by atoms with Crippen LogP contribution in [0.1, 0.15) is 82.6 Å². The SMILES string of the molecule is O=C(N(C1CCCCC1)C1CCCCC1)C1(c2ccccc2)CC1. The highest BCUT2D eigenvalue weighted by atomic mass is 16.2.